The molecule has 10 heavy (non-hydrogen) atoms. The third-order valence-corrected chi connectivity index (χ3v) is 0.993. The van der Waals surface area contributed by atoms with Gasteiger partial charge in [0.1, 0.15) is 0 Å². The second-order valence-electron chi connectivity index (χ2n) is 1.64. The molecule has 0 radical (unpaired) electrons. The van der Waals surface area contributed by atoms with Crippen molar-refractivity contribution in [1.82, 2.24) is 0 Å². The third-order valence-electron chi connectivity index (χ3n) is 0.993. The average Bonchev–Trinajstić information content (AvgIpc) is 1.83. The standard InChI is InChI=1S/C6H6O3.Zr/c7-4-2-1-3-5(8)6(4)9;/h1-3,7-9H;. The van der Waals surface area contributed by atoms with Gasteiger partial charge >= 0.3 is 0 Å². The first-order valence-corrected chi connectivity index (χ1v) is 2.41. The van der Waals surface area contributed by atoms with Crippen LogP contribution in [0.4, 0.5) is 0 Å². The first-order chi connectivity index (χ1) is 4.22. The van der Waals surface area contributed by atoms with Gasteiger partial charge in [0.05, 0.1) is 0 Å². The molecule has 1 aromatic carbocycles. The van der Waals surface area contributed by atoms with Crippen LogP contribution in [0.3, 0.4) is 0 Å². The topological polar surface area (TPSA) is 60.7 Å². The van der Waals surface area contributed by atoms with Gasteiger partial charge in [-0.15, -0.1) is 0 Å². The Morgan fingerprint density at radius 1 is 0.900 bits per heavy atom. The van der Waals surface area contributed by atoms with E-state index in [9.17, 15) is 0 Å². The molecule has 4 heteroatoms. The Balaban J connectivity index is 0.000000810. The first kappa shape index (κ1) is 9.50. The summed E-state index contributed by atoms with van der Waals surface area (Å²) in [6.45, 7) is 0. The molecule has 0 saturated heterocycles. The van der Waals surface area contributed by atoms with Crippen LogP contribution in [0, 0.1) is 0 Å². The Morgan fingerprint density at radius 3 is 1.60 bits per heavy atom. The van der Waals surface area contributed by atoms with Crippen LogP contribution < -0.4 is 0 Å². The fourth-order valence-corrected chi connectivity index (χ4v) is 0.519. The summed E-state index contributed by atoms with van der Waals surface area (Å²) in [5, 5.41) is 26.1. The number of para-hydroxylation sites is 1. The van der Waals surface area contributed by atoms with Crippen molar-refractivity contribution in [2.24, 2.45) is 0 Å². The Kier molecular flexibility index (Phi) is 3.44. The Hall–Kier alpha value is -0.497. The minimum absolute atomic E-state index is 0. The van der Waals surface area contributed by atoms with Gasteiger partial charge in [-0.25, -0.2) is 0 Å². The molecular formula is C6H6O3Zr. The van der Waals surface area contributed by atoms with Crippen molar-refractivity contribution in [2.45, 2.75) is 0 Å². The molecule has 0 aliphatic carbocycles. The number of rotatable bonds is 0. The van der Waals surface area contributed by atoms with Crippen LogP contribution in [-0.2, 0) is 26.2 Å². The van der Waals surface area contributed by atoms with Gasteiger partial charge in [0.2, 0.25) is 0 Å². The van der Waals surface area contributed by atoms with Crippen molar-refractivity contribution in [2.75, 3.05) is 0 Å². The molecule has 0 aliphatic rings. The Morgan fingerprint density at radius 2 is 1.30 bits per heavy atom. The van der Waals surface area contributed by atoms with Crippen molar-refractivity contribution < 1.29 is 41.5 Å². The molecule has 0 atom stereocenters. The molecule has 3 nitrogen and oxygen atoms in total. The van der Waals surface area contributed by atoms with E-state index in [1.165, 1.54) is 18.2 Å². The predicted molar refractivity (Wildman–Crippen MR) is 31.4 cm³/mol. The predicted octanol–water partition coefficient (Wildman–Crippen LogP) is 0.801. The summed E-state index contributed by atoms with van der Waals surface area (Å²) in [5.41, 5.74) is 0. The molecular weight excluding hydrogens is 211 g/mol. The van der Waals surface area contributed by atoms with Crippen LogP contribution >= 0.6 is 0 Å². The van der Waals surface area contributed by atoms with E-state index >= 15 is 0 Å². The summed E-state index contributed by atoms with van der Waals surface area (Å²) in [7, 11) is 0. The summed E-state index contributed by atoms with van der Waals surface area (Å²) in [6.07, 6.45) is 0. The summed E-state index contributed by atoms with van der Waals surface area (Å²) in [4.78, 5) is 0. The maximum atomic E-state index is 8.71. The van der Waals surface area contributed by atoms with E-state index in [-0.39, 0.29) is 37.7 Å². The zero-order valence-electron chi connectivity index (χ0n) is 5.07. The van der Waals surface area contributed by atoms with Crippen LogP contribution in [0.15, 0.2) is 18.2 Å². The molecule has 0 aliphatic heterocycles. The van der Waals surface area contributed by atoms with Gasteiger partial charge in [0.25, 0.3) is 0 Å². The van der Waals surface area contributed by atoms with Gasteiger partial charge in [-0.3, -0.25) is 0 Å². The minimum atomic E-state index is -0.475. The van der Waals surface area contributed by atoms with E-state index in [0.29, 0.717) is 0 Å². The van der Waals surface area contributed by atoms with E-state index in [4.69, 9.17) is 15.3 Å². The molecule has 0 saturated carbocycles. The monoisotopic (exact) mass is 216 g/mol. The van der Waals surface area contributed by atoms with E-state index < -0.39 is 5.75 Å². The molecule has 1 aromatic rings. The summed E-state index contributed by atoms with van der Waals surface area (Å²) >= 11 is 0. The molecule has 0 spiro atoms. The van der Waals surface area contributed by atoms with Crippen molar-refractivity contribution in [3.8, 4) is 17.2 Å². The minimum Gasteiger partial charge on any atom is -0.504 e. The average molecular weight is 217 g/mol. The van der Waals surface area contributed by atoms with Crippen molar-refractivity contribution in [1.29, 1.82) is 0 Å². The molecule has 0 bridgehead atoms. The summed E-state index contributed by atoms with van der Waals surface area (Å²) in [6, 6.07) is 4.01. The zero-order chi connectivity index (χ0) is 6.85. The molecule has 0 aromatic heterocycles. The van der Waals surface area contributed by atoms with E-state index in [1.54, 1.807) is 0 Å². The van der Waals surface area contributed by atoms with Crippen molar-refractivity contribution in [3.63, 3.8) is 0 Å². The van der Waals surface area contributed by atoms with E-state index in [2.05, 4.69) is 0 Å². The van der Waals surface area contributed by atoms with Gasteiger partial charge in [0, 0.05) is 26.2 Å². The van der Waals surface area contributed by atoms with Crippen LogP contribution in [-0.4, -0.2) is 15.3 Å². The number of hydrogen-bond acceptors (Lipinski definition) is 3. The summed E-state index contributed by atoms with van der Waals surface area (Å²) in [5.74, 6) is -1.09. The quantitative estimate of drug-likeness (QED) is 0.563. The molecule has 0 amide bonds. The smallest absolute Gasteiger partial charge is 0.200 e. The Bertz CT molecular complexity index is 204. The van der Waals surface area contributed by atoms with E-state index in [1.807, 2.05) is 0 Å². The number of phenols is 3. The van der Waals surface area contributed by atoms with Crippen LogP contribution in [0.1, 0.15) is 0 Å². The van der Waals surface area contributed by atoms with E-state index in [0.717, 1.165) is 0 Å². The fraction of sp³-hybridized carbons (Fsp3) is 0. The largest absolute Gasteiger partial charge is 0.504 e. The fourth-order valence-electron chi connectivity index (χ4n) is 0.519. The van der Waals surface area contributed by atoms with Gasteiger partial charge in [-0.2, -0.15) is 0 Å². The van der Waals surface area contributed by atoms with Crippen molar-refractivity contribution in [3.05, 3.63) is 18.2 Å². The van der Waals surface area contributed by atoms with Gasteiger partial charge in [-0.1, -0.05) is 6.07 Å². The summed E-state index contributed by atoms with van der Waals surface area (Å²) < 4.78 is 0. The first-order valence-electron chi connectivity index (χ1n) is 2.41. The third kappa shape index (κ3) is 1.74. The molecule has 52 valence electrons. The number of phenolic OH excluding ortho intramolecular Hbond substituents is 3. The van der Waals surface area contributed by atoms with Gasteiger partial charge in [-0.05, 0) is 12.1 Å². The normalized spacial score (nSPS) is 8.40. The molecule has 3 N–H and O–H groups in total. The van der Waals surface area contributed by atoms with Gasteiger partial charge < -0.3 is 15.3 Å². The number of benzene rings is 1. The number of aromatic hydroxyl groups is 3. The molecule has 0 fully saturated rings. The maximum Gasteiger partial charge on any atom is 0.200 e. The van der Waals surface area contributed by atoms with Crippen LogP contribution in [0.5, 0.6) is 17.2 Å². The SMILES string of the molecule is Oc1cccc(O)c1O.[Zr]. The Labute approximate surface area is 77.1 Å². The van der Waals surface area contributed by atoms with Gasteiger partial charge in [0.15, 0.2) is 17.2 Å². The zero-order valence-corrected chi connectivity index (χ0v) is 7.53. The second-order valence-corrected chi connectivity index (χ2v) is 1.64. The molecule has 0 unspecified atom stereocenters. The van der Waals surface area contributed by atoms with Crippen LogP contribution in [0.25, 0.3) is 0 Å². The second kappa shape index (κ2) is 3.62. The van der Waals surface area contributed by atoms with Crippen LogP contribution in [0.2, 0.25) is 0 Å². The number of hydrogen-bond donors (Lipinski definition) is 3. The molecule has 0 heterocycles. The molecule has 1 rings (SSSR count). The maximum absolute atomic E-state index is 8.71. The van der Waals surface area contributed by atoms with Crippen molar-refractivity contribution >= 4 is 0 Å².